The molecule has 2 fully saturated rings. The molecule has 1 amide bonds. The lowest BCUT2D eigenvalue weighted by atomic mass is 10.2. The third kappa shape index (κ3) is 3.07. The van der Waals surface area contributed by atoms with Crippen molar-refractivity contribution in [1.29, 1.82) is 0 Å². The van der Waals surface area contributed by atoms with E-state index in [0.717, 1.165) is 17.9 Å². The van der Waals surface area contributed by atoms with Crippen LogP contribution in [0.3, 0.4) is 0 Å². The Kier molecular flexibility index (Phi) is 4.42. The molecule has 0 saturated carbocycles. The van der Waals surface area contributed by atoms with Gasteiger partial charge in [0, 0.05) is 25.0 Å². The average Bonchev–Trinajstić information content (AvgIpc) is 3.01. The zero-order valence-electron chi connectivity index (χ0n) is 11.3. The lowest BCUT2D eigenvalue weighted by molar-refractivity contribution is 0.0298. The third-order valence-electron chi connectivity index (χ3n) is 3.47. The van der Waals surface area contributed by atoms with Crippen LogP contribution >= 0.6 is 11.8 Å². The molecule has 2 aliphatic rings. The van der Waals surface area contributed by atoms with Crippen LogP contribution in [0.4, 0.5) is 0 Å². The minimum absolute atomic E-state index is 0.0120. The molecule has 1 atom stereocenters. The first-order valence-corrected chi connectivity index (χ1v) is 8.06. The van der Waals surface area contributed by atoms with Crippen molar-refractivity contribution in [2.45, 2.75) is 12.5 Å². The van der Waals surface area contributed by atoms with E-state index < -0.39 is 0 Å². The van der Waals surface area contributed by atoms with Crippen LogP contribution in [0.25, 0.3) is 0 Å². The molecule has 20 heavy (non-hydrogen) atoms. The maximum atomic E-state index is 12.5. The number of carbonyl (C=O) groups is 1. The molecule has 3 rings (SSSR count). The number of aromatic nitrogens is 1. The van der Waals surface area contributed by atoms with Gasteiger partial charge in [0.25, 0.3) is 5.91 Å². The average molecular weight is 294 g/mol. The largest absolute Gasteiger partial charge is 0.473 e. The van der Waals surface area contributed by atoms with Crippen molar-refractivity contribution in [2.24, 2.45) is 0 Å². The van der Waals surface area contributed by atoms with E-state index in [9.17, 15) is 4.79 Å². The quantitative estimate of drug-likeness (QED) is 0.844. The number of nitrogens with zero attached hydrogens (tertiary/aromatic N) is 2. The first-order valence-electron chi connectivity index (χ1n) is 6.91. The molecule has 2 saturated heterocycles. The minimum atomic E-state index is -0.0120. The molecule has 3 heterocycles. The van der Waals surface area contributed by atoms with E-state index in [0.29, 0.717) is 37.7 Å². The zero-order valence-corrected chi connectivity index (χ0v) is 12.1. The normalized spacial score (nSPS) is 22.8. The van der Waals surface area contributed by atoms with E-state index in [-0.39, 0.29) is 12.0 Å². The van der Waals surface area contributed by atoms with Crippen molar-refractivity contribution in [3.63, 3.8) is 0 Å². The number of pyridine rings is 1. The van der Waals surface area contributed by atoms with Gasteiger partial charge in [-0.1, -0.05) is 0 Å². The predicted molar refractivity (Wildman–Crippen MR) is 77.3 cm³/mol. The number of carbonyl (C=O) groups excluding carboxylic acids is 1. The van der Waals surface area contributed by atoms with E-state index >= 15 is 0 Å². The van der Waals surface area contributed by atoms with Crippen molar-refractivity contribution >= 4 is 17.7 Å². The topological polar surface area (TPSA) is 51.7 Å². The molecule has 1 aromatic rings. The Morgan fingerprint density at radius 3 is 3.05 bits per heavy atom. The molecule has 2 aliphatic heterocycles. The Balaban J connectivity index is 1.75. The zero-order chi connectivity index (χ0) is 13.8. The van der Waals surface area contributed by atoms with Gasteiger partial charge in [0.2, 0.25) is 5.88 Å². The Hall–Kier alpha value is -1.27. The second kappa shape index (κ2) is 6.45. The summed E-state index contributed by atoms with van der Waals surface area (Å²) in [6.07, 6.45) is 2.87. The smallest absolute Gasteiger partial charge is 0.259 e. The molecule has 5 nitrogen and oxygen atoms in total. The van der Waals surface area contributed by atoms with E-state index in [1.165, 1.54) is 0 Å². The summed E-state index contributed by atoms with van der Waals surface area (Å²) >= 11 is 1.88. The number of morpholine rings is 1. The molecule has 0 radical (unpaired) electrons. The van der Waals surface area contributed by atoms with Crippen LogP contribution in [0, 0.1) is 0 Å². The molecule has 0 aliphatic carbocycles. The van der Waals surface area contributed by atoms with Crippen LogP contribution in [-0.2, 0) is 4.74 Å². The molecule has 1 aromatic heterocycles. The van der Waals surface area contributed by atoms with Crippen molar-refractivity contribution in [3.05, 3.63) is 23.9 Å². The van der Waals surface area contributed by atoms with Gasteiger partial charge in [-0.3, -0.25) is 4.79 Å². The Morgan fingerprint density at radius 2 is 2.30 bits per heavy atom. The summed E-state index contributed by atoms with van der Waals surface area (Å²) in [5.41, 5.74) is 0.561. The van der Waals surface area contributed by atoms with Gasteiger partial charge in [-0.05, 0) is 24.3 Å². The van der Waals surface area contributed by atoms with Crippen LogP contribution in [0.15, 0.2) is 18.3 Å². The highest BCUT2D eigenvalue weighted by molar-refractivity contribution is 7.99. The van der Waals surface area contributed by atoms with Gasteiger partial charge < -0.3 is 14.4 Å². The van der Waals surface area contributed by atoms with Crippen molar-refractivity contribution in [3.8, 4) is 5.88 Å². The Labute approximate surface area is 122 Å². The van der Waals surface area contributed by atoms with E-state index in [1.807, 2.05) is 11.8 Å². The summed E-state index contributed by atoms with van der Waals surface area (Å²) in [5.74, 6) is 2.55. The molecule has 0 aromatic carbocycles. The maximum absolute atomic E-state index is 12.5. The molecule has 0 spiro atoms. The van der Waals surface area contributed by atoms with E-state index in [2.05, 4.69) is 4.98 Å². The summed E-state index contributed by atoms with van der Waals surface area (Å²) in [5, 5.41) is 0. The maximum Gasteiger partial charge on any atom is 0.259 e. The van der Waals surface area contributed by atoms with Crippen molar-refractivity contribution < 1.29 is 14.3 Å². The summed E-state index contributed by atoms with van der Waals surface area (Å²) in [6.45, 7) is 2.46. The van der Waals surface area contributed by atoms with E-state index in [1.54, 1.807) is 23.2 Å². The minimum Gasteiger partial charge on any atom is -0.473 e. The molecule has 0 bridgehead atoms. The highest BCUT2D eigenvalue weighted by Gasteiger charge is 2.25. The first kappa shape index (κ1) is 13.7. The number of ether oxygens (including phenoxy) is 2. The fourth-order valence-electron chi connectivity index (χ4n) is 2.35. The lowest BCUT2D eigenvalue weighted by Gasteiger charge is -2.27. The van der Waals surface area contributed by atoms with Crippen molar-refractivity contribution in [1.82, 2.24) is 9.88 Å². The molecule has 0 unspecified atom stereocenters. The van der Waals surface area contributed by atoms with Gasteiger partial charge >= 0.3 is 0 Å². The van der Waals surface area contributed by atoms with Crippen LogP contribution in [0.1, 0.15) is 16.8 Å². The Bertz CT molecular complexity index is 471. The number of hydrogen-bond acceptors (Lipinski definition) is 5. The second-order valence-electron chi connectivity index (χ2n) is 4.86. The van der Waals surface area contributed by atoms with Gasteiger partial charge in [-0.15, -0.1) is 0 Å². The summed E-state index contributed by atoms with van der Waals surface area (Å²) < 4.78 is 11.2. The fraction of sp³-hybridized carbons (Fsp3) is 0.571. The lowest BCUT2D eigenvalue weighted by Crippen LogP contribution is -2.41. The van der Waals surface area contributed by atoms with Gasteiger partial charge in [0.05, 0.1) is 13.2 Å². The summed E-state index contributed by atoms with van der Waals surface area (Å²) in [7, 11) is 0. The van der Waals surface area contributed by atoms with Crippen LogP contribution < -0.4 is 4.74 Å². The van der Waals surface area contributed by atoms with Crippen LogP contribution in [-0.4, -0.2) is 59.7 Å². The van der Waals surface area contributed by atoms with Gasteiger partial charge in [-0.2, -0.15) is 11.8 Å². The number of rotatable bonds is 3. The highest BCUT2D eigenvalue weighted by Crippen LogP contribution is 2.25. The molecule has 6 heteroatoms. The molecular weight excluding hydrogens is 276 g/mol. The fourth-order valence-corrected chi connectivity index (χ4v) is 3.44. The van der Waals surface area contributed by atoms with E-state index in [4.69, 9.17) is 9.47 Å². The molecular formula is C14H18N2O3S. The van der Waals surface area contributed by atoms with Gasteiger partial charge in [-0.25, -0.2) is 4.98 Å². The standard InChI is InChI=1S/C14H18N2O3S/c17-14(16-5-7-18-8-6-16)12-2-1-4-15-13(12)19-11-3-9-20-10-11/h1-2,4,11H,3,5-10H2/t11-/m0/s1. The predicted octanol–water partition coefficient (Wildman–Crippen LogP) is 1.44. The number of hydrogen-bond donors (Lipinski definition) is 0. The molecule has 0 N–H and O–H groups in total. The Morgan fingerprint density at radius 1 is 1.45 bits per heavy atom. The van der Waals surface area contributed by atoms with Gasteiger partial charge in [0.15, 0.2) is 0 Å². The van der Waals surface area contributed by atoms with Crippen LogP contribution in [0.2, 0.25) is 0 Å². The molecule has 108 valence electrons. The van der Waals surface area contributed by atoms with Crippen LogP contribution in [0.5, 0.6) is 5.88 Å². The third-order valence-corrected chi connectivity index (χ3v) is 4.60. The van der Waals surface area contributed by atoms with Crippen molar-refractivity contribution in [2.75, 3.05) is 37.8 Å². The first-order chi connectivity index (χ1) is 9.84. The number of thioether (sulfide) groups is 1. The monoisotopic (exact) mass is 294 g/mol. The summed E-state index contributed by atoms with van der Waals surface area (Å²) in [6, 6.07) is 3.58. The second-order valence-corrected chi connectivity index (χ2v) is 6.01. The van der Waals surface area contributed by atoms with Gasteiger partial charge in [0.1, 0.15) is 11.7 Å². The summed E-state index contributed by atoms with van der Waals surface area (Å²) in [4.78, 5) is 18.6. The SMILES string of the molecule is O=C(c1cccnc1O[C@H]1CCSC1)N1CCOCC1. The number of amides is 1. The highest BCUT2D eigenvalue weighted by atomic mass is 32.2.